The van der Waals surface area contributed by atoms with E-state index in [0.29, 0.717) is 0 Å². The maximum atomic E-state index is 13.8. The van der Waals surface area contributed by atoms with Gasteiger partial charge >= 0.3 is 5.69 Å². The van der Waals surface area contributed by atoms with E-state index in [0.717, 1.165) is 10.8 Å². The number of hydrogen-bond donors (Lipinski definition) is 7. The van der Waals surface area contributed by atoms with E-state index < -0.39 is 54.1 Å². The van der Waals surface area contributed by atoms with Gasteiger partial charge in [-0.15, -0.1) is 0 Å². The fourth-order valence-corrected chi connectivity index (χ4v) is 3.58. The van der Waals surface area contributed by atoms with E-state index in [4.69, 9.17) is 30.5 Å². The molecule has 0 saturated carbocycles. The molecule has 198 valence electrons. The lowest BCUT2D eigenvalue weighted by Gasteiger charge is -2.15. The van der Waals surface area contributed by atoms with E-state index >= 15 is 0 Å². The second kappa shape index (κ2) is 12.0. The lowest BCUT2D eigenvalue weighted by Crippen LogP contribution is -2.37. The van der Waals surface area contributed by atoms with Crippen LogP contribution in [0.15, 0.2) is 26.9 Å². The molecular formula is C18H23FIN7O9. The maximum absolute atomic E-state index is 13.8. The highest BCUT2D eigenvalue weighted by atomic mass is 127. The topological polar surface area (TPSA) is 244 Å². The Morgan fingerprint density at radius 2 is 1.92 bits per heavy atom. The molecule has 16 nitrogen and oxygen atoms in total. The first-order valence-electron chi connectivity index (χ1n) is 10.2. The molecule has 4 atom stereocenters. The number of nitrogens with one attached hydrogen (secondary N) is 2. The average Bonchev–Trinajstić information content (AvgIpc) is 3.38. The molecule has 1 saturated heterocycles. The predicted octanol–water partition coefficient (Wildman–Crippen LogP) is -3.24. The number of halogens is 2. The van der Waals surface area contributed by atoms with Crippen molar-refractivity contribution < 1.29 is 34.3 Å². The van der Waals surface area contributed by atoms with Crippen LogP contribution in [0, 0.1) is 3.57 Å². The fourth-order valence-electron chi connectivity index (χ4n) is 3.14. The molecule has 8 N–H and O–H groups in total. The molecule has 0 bridgehead atoms. The largest absolute Gasteiger partial charge is 0.394 e. The Labute approximate surface area is 213 Å². The Bertz CT molecular complexity index is 1360. The quantitative estimate of drug-likeness (QED) is 0.128. The van der Waals surface area contributed by atoms with Gasteiger partial charge in [-0.25, -0.2) is 14.2 Å². The van der Waals surface area contributed by atoms with Gasteiger partial charge in [-0.1, -0.05) is 0 Å². The summed E-state index contributed by atoms with van der Waals surface area (Å²) < 4.78 is 26.5. The molecule has 0 unspecified atom stereocenters. The van der Waals surface area contributed by atoms with Gasteiger partial charge < -0.3 is 35.6 Å². The van der Waals surface area contributed by atoms with Crippen molar-refractivity contribution in [2.45, 2.75) is 37.4 Å². The van der Waals surface area contributed by atoms with Gasteiger partial charge in [-0.3, -0.25) is 28.7 Å². The number of alkyl halides is 1. The van der Waals surface area contributed by atoms with Crippen LogP contribution >= 0.6 is 22.6 Å². The minimum absolute atomic E-state index is 0.00181. The highest BCUT2D eigenvalue weighted by Crippen LogP contribution is 2.30. The molecule has 0 spiro atoms. The number of H-pyrrole nitrogens is 2. The molecular weight excluding hydrogens is 604 g/mol. The number of rotatable bonds is 7. The van der Waals surface area contributed by atoms with E-state index in [1.807, 2.05) is 4.98 Å². The van der Waals surface area contributed by atoms with E-state index in [1.165, 1.54) is 10.9 Å². The van der Waals surface area contributed by atoms with Crippen molar-refractivity contribution in [2.24, 2.45) is 0 Å². The molecule has 36 heavy (non-hydrogen) atoms. The number of aromatic amines is 2. The molecule has 0 aromatic carbocycles. The maximum Gasteiger partial charge on any atom is 0.330 e. The van der Waals surface area contributed by atoms with Gasteiger partial charge in [0, 0.05) is 6.20 Å². The number of nitrogens with two attached hydrogens (primary N) is 1. The van der Waals surface area contributed by atoms with Gasteiger partial charge in [-0.05, 0) is 22.6 Å². The number of anilines is 1. The summed E-state index contributed by atoms with van der Waals surface area (Å²) in [7, 11) is 0. The van der Waals surface area contributed by atoms with Crippen molar-refractivity contribution >= 4 is 39.7 Å². The lowest BCUT2D eigenvalue weighted by molar-refractivity contribution is -0.0492. The Morgan fingerprint density at radius 1 is 1.22 bits per heavy atom. The molecule has 3 aromatic heterocycles. The zero-order valence-electron chi connectivity index (χ0n) is 18.3. The lowest BCUT2D eigenvalue weighted by atomic mass is 10.1. The highest BCUT2D eigenvalue weighted by Gasteiger charge is 2.45. The second-order valence-electron chi connectivity index (χ2n) is 7.45. The zero-order chi connectivity index (χ0) is 26.6. The number of fused-ring (bicyclic) bond motifs is 1. The number of aliphatic hydroxyl groups excluding tert-OH is 4. The van der Waals surface area contributed by atoms with Gasteiger partial charge in [0.25, 0.3) is 11.1 Å². The van der Waals surface area contributed by atoms with E-state index in [9.17, 15) is 23.9 Å². The van der Waals surface area contributed by atoms with Gasteiger partial charge in [0.15, 0.2) is 23.6 Å². The van der Waals surface area contributed by atoms with Gasteiger partial charge in [0.2, 0.25) is 5.95 Å². The van der Waals surface area contributed by atoms with Crippen molar-refractivity contribution in [2.75, 3.05) is 25.6 Å². The van der Waals surface area contributed by atoms with Crippen LogP contribution < -0.4 is 22.5 Å². The molecule has 0 radical (unpaired) electrons. The zero-order valence-corrected chi connectivity index (χ0v) is 20.5. The number of ether oxygens (including phenoxy) is 2. The molecule has 1 fully saturated rings. The Kier molecular flexibility index (Phi) is 9.27. The second-order valence-corrected chi connectivity index (χ2v) is 8.61. The molecule has 1 aliphatic rings. The summed E-state index contributed by atoms with van der Waals surface area (Å²) in [6.07, 6.45) is -4.01. The third-order valence-electron chi connectivity index (χ3n) is 5.02. The van der Waals surface area contributed by atoms with Crippen LogP contribution in [0.25, 0.3) is 11.2 Å². The van der Waals surface area contributed by atoms with Crippen LogP contribution in [0.5, 0.6) is 0 Å². The average molecular weight is 627 g/mol. The molecule has 1 aliphatic heterocycles. The summed E-state index contributed by atoms with van der Waals surface area (Å²) in [6, 6.07) is 0. The van der Waals surface area contributed by atoms with Gasteiger partial charge in [-0.2, -0.15) is 4.98 Å². The number of nitrogens with zero attached hydrogens (tertiary/aromatic N) is 4. The monoisotopic (exact) mass is 627 g/mol. The van der Waals surface area contributed by atoms with Crippen LogP contribution in [0.3, 0.4) is 0 Å². The molecule has 0 aliphatic carbocycles. The van der Waals surface area contributed by atoms with Gasteiger partial charge in [0.1, 0.15) is 25.0 Å². The molecule has 0 amide bonds. The first-order chi connectivity index (χ1) is 17.1. The standard InChI is InChI=1S/C9H10FIN2O5.C9H13N5O4/c10-5-6(15)4(2-14)18-8(5)13-1-3(11)7(16)12-9(13)17;10-9-12-7-6(8(17)13-9)11-3-14(7)4-18-5(1-15)2-16/h1,4-6,8,14-15H,2H2,(H,12,16,17);3,5,15-16H,1-2,4H2,(H3,10,12,13,17)/t4-,5+,6-,8-;/m1./s1. The van der Waals surface area contributed by atoms with Crippen molar-refractivity contribution in [1.82, 2.24) is 29.1 Å². The number of aromatic nitrogens is 6. The SMILES string of the molecule is Nc1nc2c(ncn2COC(CO)CO)c(=O)[nH]1.O=c1[nH]c(=O)n([C@@H]2O[C@H](CO)[C@@H](O)[C@@H]2F)cc1I. The van der Waals surface area contributed by atoms with Crippen molar-refractivity contribution in [3.05, 3.63) is 47.3 Å². The van der Waals surface area contributed by atoms with Crippen molar-refractivity contribution in [3.63, 3.8) is 0 Å². The minimum atomic E-state index is -1.86. The third-order valence-corrected chi connectivity index (χ3v) is 5.79. The Hall–Kier alpha value is -2.75. The highest BCUT2D eigenvalue weighted by molar-refractivity contribution is 14.1. The number of nitrogen functional groups attached to an aromatic ring is 1. The molecule has 4 heterocycles. The summed E-state index contributed by atoms with van der Waals surface area (Å²) in [5.74, 6) is -0.0184. The van der Waals surface area contributed by atoms with Crippen LogP contribution in [0.4, 0.5) is 10.3 Å². The smallest absolute Gasteiger partial charge is 0.330 e. The number of imidazole rings is 1. The third kappa shape index (κ3) is 5.96. The molecule has 4 rings (SSSR count). The summed E-state index contributed by atoms with van der Waals surface area (Å²) in [4.78, 5) is 46.4. The van der Waals surface area contributed by atoms with Crippen LogP contribution in [-0.2, 0) is 16.2 Å². The first-order valence-corrected chi connectivity index (χ1v) is 11.3. The van der Waals surface area contributed by atoms with E-state index in [1.54, 1.807) is 22.6 Å². The van der Waals surface area contributed by atoms with Crippen molar-refractivity contribution in [1.29, 1.82) is 0 Å². The number of hydrogen-bond acceptors (Lipinski definition) is 12. The van der Waals surface area contributed by atoms with Crippen molar-refractivity contribution in [3.8, 4) is 0 Å². The summed E-state index contributed by atoms with van der Waals surface area (Å²) >= 11 is 1.69. The summed E-state index contributed by atoms with van der Waals surface area (Å²) in [5.41, 5.74) is 4.02. The van der Waals surface area contributed by atoms with Crippen LogP contribution in [0.2, 0.25) is 0 Å². The summed E-state index contributed by atoms with van der Waals surface area (Å²) in [6.45, 7) is -1.18. The fraction of sp³-hybridized carbons (Fsp3) is 0.500. The van der Waals surface area contributed by atoms with Crippen LogP contribution in [-0.4, -0.2) is 93.8 Å². The first kappa shape index (κ1) is 27.8. The predicted molar refractivity (Wildman–Crippen MR) is 128 cm³/mol. The molecule has 18 heteroatoms. The van der Waals surface area contributed by atoms with E-state index in [2.05, 4.69) is 15.0 Å². The minimum Gasteiger partial charge on any atom is -0.394 e. The summed E-state index contributed by atoms with van der Waals surface area (Å²) in [5, 5.41) is 36.1. The van der Waals surface area contributed by atoms with Gasteiger partial charge in [0.05, 0.1) is 29.7 Å². The number of aliphatic hydroxyl groups is 4. The van der Waals surface area contributed by atoms with E-state index in [-0.39, 0.29) is 40.6 Å². The van der Waals surface area contributed by atoms with Crippen LogP contribution in [0.1, 0.15) is 6.23 Å². The molecule has 3 aromatic rings. The normalized spacial score (nSPS) is 21.6. The Morgan fingerprint density at radius 3 is 2.53 bits per heavy atom. The Balaban J connectivity index is 0.000000201.